The average Bonchev–Trinajstić information content (AvgIpc) is 3.08. The predicted molar refractivity (Wildman–Crippen MR) is 88.7 cm³/mol. The van der Waals surface area contributed by atoms with Crippen LogP contribution in [0, 0.1) is 6.92 Å². The second-order valence-electron chi connectivity index (χ2n) is 5.08. The van der Waals surface area contributed by atoms with Crippen molar-refractivity contribution in [3.05, 3.63) is 35.0 Å². The second kappa shape index (κ2) is 6.90. The average molecular weight is 350 g/mol. The molecule has 0 spiro atoms. The number of H-pyrrole nitrogens is 1. The first-order valence-electron chi connectivity index (χ1n) is 7.21. The van der Waals surface area contributed by atoms with Gasteiger partial charge in [0.1, 0.15) is 11.8 Å². The summed E-state index contributed by atoms with van der Waals surface area (Å²) in [6.45, 7) is 3.34. The Kier molecular flexibility index (Phi) is 4.68. The van der Waals surface area contributed by atoms with Crippen molar-refractivity contribution in [2.75, 3.05) is 18.8 Å². The van der Waals surface area contributed by atoms with Crippen molar-refractivity contribution >= 4 is 28.9 Å². The molecule has 0 aliphatic heterocycles. The Labute approximate surface area is 142 Å². The van der Waals surface area contributed by atoms with Gasteiger partial charge in [-0.3, -0.25) is 9.89 Å². The van der Waals surface area contributed by atoms with Gasteiger partial charge in [0.25, 0.3) is 0 Å². The molecule has 2 N–H and O–H groups in total. The van der Waals surface area contributed by atoms with Gasteiger partial charge in [-0.25, -0.2) is 4.98 Å². The summed E-state index contributed by atoms with van der Waals surface area (Å²) < 4.78 is 11.3. The van der Waals surface area contributed by atoms with Crippen LogP contribution >= 0.6 is 11.6 Å². The lowest BCUT2D eigenvalue weighted by Crippen LogP contribution is -2.10. The monoisotopic (exact) mass is 349 g/mol. The highest BCUT2D eigenvalue weighted by Crippen LogP contribution is 2.23. The third kappa shape index (κ3) is 3.50. The first-order chi connectivity index (χ1) is 11.5. The topological polar surface area (TPSA) is 93.5 Å². The number of carbonyl (C=O) groups is 1. The van der Waals surface area contributed by atoms with Crippen molar-refractivity contribution in [3.63, 3.8) is 0 Å². The number of aromatic nitrogens is 4. The summed E-state index contributed by atoms with van der Waals surface area (Å²) in [4.78, 5) is 15.0. The van der Waals surface area contributed by atoms with E-state index in [2.05, 4.69) is 25.2 Å². The number of aryl methyl sites for hydroxylation is 1. The van der Waals surface area contributed by atoms with Crippen LogP contribution in [0.3, 0.4) is 0 Å². The molecule has 0 fully saturated rings. The molecule has 0 saturated heterocycles. The molecule has 2 aromatic heterocycles. The van der Waals surface area contributed by atoms with Gasteiger partial charge < -0.3 is 14.8 Å². The van der Waals surface area contributed by atoms with Crippen LogP contribution in [0.15, 0.2) is 24.3 Å². The molecule has 8 nitrogen and oxygen atoms in total. The quantitative estimate of drug-likeness (QED) is 0.403. The summed E-state index contributed by atoms with van der Waals surface area (Å²) in [7, 11) is 0. The van der Waals surface area contributed by atoms with Crippen molar-refractivity contribution < 1.29 is 14.3 Å². The van der Waals surface area contributed by atoms with Gasteiger partial charge in [0, 0.05) is 18.2 Å². The van der Waals surface area contributed by atoms with E-state index < -0.39 is 0 Å². The second-order valence-corrected chi connectivity index (χ2v) is 5.46. The molecule has 0 amide bonds. The molecule has 0 radical (unpaired) electrons. The smallest absolute Gasteiger partial charge is 0.304 e. The zero-order valence-corrected chi connectivity index (χ0v) is 13.9. The van der Waals surface area contributed by atoms with Crippen molar-refractivity contribution in [2.45, 2.75) is 13.8 Å². The van der Waals surface area contributed by atoms with Crippen LogP contribution < -0.4 is 5.32 Å². The molecule has 24 heavy (non-hydrogen) atoms. The van der Waals surface area contributed by atoms with Crippen LogP contribution in [0.25, 0.3) is 17.0 Å². The number of benzene rings is 1. The van der Waals surface area contributed by atoms with Gasteiger partial charge in [0.05, 0.1) is 5.69 Å². The Hall–Kier alpha value is -2.58. The van der Waals surface area contributed by atoms with E-state index in [1.165, 1.54) is 6.92 Å². The van der Waals surface area contributed by atoms with E-state index in [4.69, 9.17) is 16.3 Å². The third-order valence-corrected chi connectivity index (χ3v) is 3.73. The lowest BCUT2D eigenvalue weighted by Gasteiger charge is -2.07. The van der Waals surface area contributed by atoms with Crippen molar-refractivity contribution in [2.24, 2.45) is 0 Å². The fourth-order valence-corrected chi connectivity index (χ4v) is 2.23. The fraction of sp³-hybridized carbons (Fsp3) is 0.267. The Morgan fingerprint density at radius 3 is 2.79 bits per heavy atom. The van der Waals surface area contributed by atoms with Crippen LogP contribution in [-0.4, -0.2) is 39.3 Å². The number of anilines is 1. The summed E-state index contributed by atoms with van der Waals surface area (Å²) in [5.41, 5.74) is 3.16. The normalized spacial score (nSPS) is 11.0. The van der Waals surface area contributed by atoms with Crippen LogP contribution in [0.5, 0.6) is 0 Å². The maximum absolute atomic E-state index is 10.6. The zero-order chi connectivity index (χ0) is 17.1. The van der Waals surface area contributed by atoms with E-state index in [-0.39, 0.29) is 19.5 Å². The van der Waals surface area contributed by atoms with Gasteiger partial charge in [0.2, 0.25) is 0 Å². The highest BCUT2D eigenvalue weighted by atomic mass is 35.5. The Balaban J connectivity index is 1.62. The maximum atomic E-state index is 10.6. The molecule has 0 saturated carbocycles. The number of hydrogen-bond donors (Lipinski definition) is 2. The lowest BCUT2D eigenvalue weighted by atomic mass is 10.2. The van der Waals surface area contributed by atoms with Crippen LogP contribution in [0.1, 0.15) is 12.6 Å². The number of nitrogens with one attached hydrogen (secondary N) is 2. The summed E-state index contributed by atoms with van der Waals surface area (Å²) in [5, 5.41) is 11.0. The number of carbonyl (C=O) groups excluding carboxylic acids is 1. The number of nitrogens with zero attached hydrogens (tertiary/aromatic N) is 3. The zero-order valence-electron chi connectivity index (χ0n) is 13.2. The molecule has 3 rings (SSSR count). The number of hydrogen-bond acceptors (Lipinski definition) is 6. The molecule has 0 atom stereocenters. The molecule has 0 aliphatic carbocycles. The SMILES string of the molecule is CC(=O)OCOCNc1ccc(-c2nc3c(Cl)c(C)[nH]n3n2)cc1. The van der Waals surface area contributed by atoms with E-state index in [1.807, 2.05) is 31.2 Å². The standard InChI is InChI=1S/C15H16ClN5O3/c1-9-13(16)15-18-14(20-21(15)19-9)11-3-5-12(6-4-11)17-7-23-8-24-10(2)22/h3-6,17,19H,7-8H2,1-2H3. The molecule has 3 aromatic rings. The van der Waals surface area contributed by atoms with E-state index >= 15 is 0 Å². The maximum Gasteiger partial charge on any atom is 0.304 e. The van der Waals surface area contributed by atoms with Crippen LogP contribution in [0.2, 0.25) is 5.02 Å². The van der Waals surface area contributed by atoms with Gasteiger partial charge in [0.15, 0.2) is 18.3 Å². The van der Waals surface area contributed by atoms with Crippen LogP contribution in [-0.2, 0) is 14.3 Å². The first-order valence-corrected chi connectivity index (χ1v) is 7.58. The molecule has 0 bridgehead atoms. The summed E-state index contributed by atoms with van der Waals surface area (Å²) in [6, 6.07) is 7.55. The van der Waals surface area contributed by atoms with Crippen molar-refractivity contribution in [1.29, 1.82) is 0 Å². The molecular formula is C15H16ClN5O3. The molecular weight excluding hydrogens is 334 g/mol. The van der Waals surface area contributed by atoms with Gasteiger partial charge in [-0.1, -0.05) is 11.6 Å². The summed E-state index contributed by atoms with van der Waals surface area (Å²) in [5.74, 6) is 0.208. The largest absolute Gasteiger partial charge is 0.439 e. The molecule has 126 valence electrons. The summed E-state index contributed by atoms with van der Waals surface area (Å²) >= 11 is 6.16. The lowest BCUT2D eigenvalue weighted by molar-refractivity contribution is -0.152. The third-order valence-electron chi connectivity index (χ3n) is 3.27. The fourth-order valence-electron chi connectivity index (χ4n) is 2.07. The van der Waals surface area contributed by atoms with E-state index in [1.54, 1.807) is 4.63 Å². The first kappa shape index (κ1) is 16.3. The number of aromatic amines is 1. The highest BCUT2D eigenvalue weighted by Gasteiger charge is 2.13. The Morgan fingerprint density at radius 2 is 2.12 bits per heavy atom. The van der Waals surface area contributed by atoms with Gasteiger partial charge in [-0.15, -0.1) is 5.10 Å². The Morgan fingerprint density at radius 1 is 1.38 bits per heavy atom. The van der Waals surface area contributed by atoms with Crippen molar-refractivity contribution in [3.8, 4) is 11.4 Å². The van der Waals surface area contributed by atoms with Gasteiger partial charge >= 0.3 is 5.97 Å². The molecule has 0 unspecified atom stereocenters. The minimum absolute atomic E-state index is 0.0781. The minimum Gasteiger partial charge on any atom is -0.439 e. The number of fused-ring (bicyclic) bond motifs is 1. The molecule has 1 aromatic carbocycles. The van der Waals surface area contributed by atoms with Gasteiger partial charge in [-0.2, -0.15) is 4.63 Å². The highest BCUT2D eigenvalue weighted by molar-refractivity contribution is 6.34. The Bertz CT molecular complexity index is 856. The molecule has 2 heterocycles. The number of halogens is 1. The van der Waals surface area contributed by atoms with E-state index in [0.717, 1.165) is 16.9 Å². The van der Waals surface area contributed by atoms with E-state index in [0.29, 0.717) is 16.5 Å². The van der Waals surface area contributed by atoms with Crippen molar-refractivity contribution in [1.82, 2.24) is 19.8 Å². The molecule has 9 heteroatoms. The predicted octanol–water partition coefficient (Wildman–Crippen LogP) is 2.59. The summed E-state index contributed by atoms with van der Waals surface area (Å²) in [6.07, 6.45) is 0. The minimum atomic E-state index is -0.376. The number of esters is 1. The number of rotatable bonds is 6. The van der Waals surface area contributed by atoms with Crippen LogP contribution in [0.4, 0.5) is 5.69 Å². The van der Waals surface area contributed by atoms with E-state index in [9.17, 15) is 4.79 Å². The number of ether oxygens (including phenoxy) is 2. The molecule has 0 aliphatic rings. The van der Waals surface area contributed by atoms with Gasteiger partial charge in [-0.05, 0) is 31.2 Å².